The van der Waals surface area contributed by atoms with Crippen molar-refractivity contribution in [2.75, 3.05) is 13.2 Å². The van der Waals surface area contributed by atoms with Crippen LogP contribution in [0.25, 0.3) is 0 Å². The lowest BCUT2D eigenvalue weighted by atomic mass is 10.1. The van der Waals surface area contributed by atoms with Crippen LogP contribution in [0.15, 0.2) is 48.6 Å². The molecule has 2 atom stereocenters. The second kappa shape index (κ2) is 19.3. The smallest absolute Gasteiger partial charge is 0.303 e. The van der Waals surface area contributed by atoms with Crippen LogP contribution in [0, 0.1) is 5.92 Å². The molecule has 1 saturated heterocycles. The lowest BCUT2D eigenvalue weighted by Gasteiger charge is -2.22. The first-order valence-electron chi connectivity index (χ1n) is 11.8. The van der Waals surface area contributed by atoms with E-state index >= 15 is 0 Å². The Hall–Kier alpha value is -1.65. The van der Waals surface area contributed by atoms with Gasteiger partial charge in [0.1, 0.15) is 0 Å². The quantitative estimate of drug-likeness (QED) is 0.204. The summed E-state index contributed by atoms with van der Waals surface area (Å²) in [5, 5.41) is 8.56. The lowest BCUT2D eigenvalue weighted by Crippen LogP contribution is -2.22. The molecule has 0 amide bonds. The van der Waals surface area contributed by atoms with Crippen molar-refractivity contribution in [2.24, 2.45) is 5.92 Å². The summed E-state index contributed by atoms with van der Waals surface area (Å²) in [6.45, 7) is 3.89. The van der Waals surface area contributed by atoms with Crippen LogP contribution in [0.3, 0.4) is 0 Å². The number of carboxylic acids is 1. The van der Waals surface area contributed by atoms with E-state index in [2.05, 4.69) is 55.5 Å². The van der Waals surface area contributed by atoms with Crippen molar-refractivity contribution in [2.45, 2.75) is 90.3 Å². The normalized spacial score (nSPS) is 18.9. The summed E-state index contributed by atoms with van der Waals surface area (Å²) in [5.74, 6) is -0.246. The minimum atomic E-state index is -0.717. The number of aliphatic carboxylic acids is 1. The number of carbonyl (C=O) groups is 1. The van der Waals surface area contributed by atoms with Gasteiger partial charge in [-0.15, -0.1) is 0 Å². The van der Waals surface area contributed by atoms with E-state index in [1.165, 1.54) is 25.7 Å². The van der Waals surface area contributed by atoms with E-state index in [0.29, 0.717) is 12.3 Å². The maximum absolute atomic E-state index is 10.4. The molecule has 0 aromatic carbocycles. The van der Waals surface area contributed by atoms with Crippen LogP contribution in [0.4, 0.5) is 0 Å². The number of hydrogen-bond donors (Lipinski definition) is 1. The van der Waals surface area contributed by atoms with Gasteiger partial charge in [-0.2, -0.15) is 0 Å². The molecule has 0 aromatic heterocycles. The van der Waals surface area contributed by atoms with Gasteiger partial charge in [0, 0.05) is 19.6 Å². The Labute approximate surface area is 183 Å². The Morgan fingerprint density at radius 2 is 1.70 bits per heavy atom. The average molecular weight is 419 g/mol. The van der Waals surface area contributed by atoms with Gasteiger partial charge in [0.25, 0.3) is 0 Å². The molecule has 0 radical (unpaired) electrons. The monoisotopic (exact) mass is 418 g/mol. The number of unbranched alkanes of at least 4 members (excludes halogenated alkanes) is 4. The van der Waals surface area contributed by atoms with E-state index in [4.69, 9.17) is 14.6 Å². The molecule has 170 valence electrons. The van der Waals surface area contributed by atoms with E-state index < -0.39 is 5.97 Å². The number of hydrogen-bond acceptors (Lipinski definition) is 3. The van der Waals surface area contributed by atoms with Gasteiger partial charge in [0.05, 0.1) is 0 Å². The van der Waals surface area contributed by atoms with Gasteiger partial charge in [-0.25, -0.2) is 0 Å². The van der Waals surface area contributed by atoms with Crippen molar-refractivity contribution >= 4 is 5.97 Å². The van der Waals surface area contributed by atoms with Crippen molar-refractivity contribution in [3.63, 3.8) is 0 Å². The molecular weight excluding hydrogens is 376 g/mol. The molecule has 0 saturated carbocycles. The predicted octanol–water partition coefficient (Wildman–Crippen LogP) is 6.99. The van der Waals surface area contributed by atoms with Crippen molar-refractivity contribution in [3.05, 3.63) is 48.6 Å². The highest BCUT2D eigenvalue weighted by atomic mass is 16.7. The van der Waals surface area contributed by atoms with Crippen LogP contribution in [-0.4, -0.2) is 30.6 Å². The molecule has 0 spiro atoms. The third kappa shape index (κ3) is 17.2. The summed E-state index contributed by atoms with van der Waals surface area (Å²) in [4.78, 5) is 10.4. The molecule has 1 aliphatic rings. The molecule has 4 heteroatoms. The fourth-order valence-corrected chi connectivity index (χ4v) is 3.20. The second-order valence-corrected chi connectivity index (χ2v) is 7.93. The first-order valence-corrected chi connectivity index (χ1v) is 11.8. The zero-order valence-electron chi connectivity index (χ0n) is 18.8. The van der Waals surface area contributed by atoms with Gasteiger partial charge < -0.3 is 14.6 Å². The van der Waals surface area contributed by atoms with Gasteiger partial charge in [-0.05, 0) is 70.1 Å². The number of ether oxygens (including phenoxy) is 2. The molecule has 1 fully saturated rings. The fraction of sp³-hybridized carbons (Fsp3) is 0.654. The molecule has 1 heterocycles. The summed E-state index contributed by atoms with van der Waals surface area (Å²) in [6, 6.07) is 0. The van der Waals surface area contributed by atoms with E-state index in [1.807, 2.05) is 0 Å². The SMILES string of the molecule is CC(/C=C\C/C=C\C/C=C\CCCC(=O)O)/C=C\CCCCCOC1CCCCO1. The summed E-state index contributed by atoms with van der Waals surface area (Å²) >= 11 is 0. The van der Waals surface area contributed by atoms with Gasteiger partial charge in [-0.1, -0.05) is 62.0 Å². The topological polar surface area (TPSA) is 55.8 Å². The highest BCUT2D eigenvalue weighted by molar-refractivity contribution is 5.66. The minimum absolute atomic E-state index is 0.0491. The fourth-order valence-electron chi connectivity index (χ4n) is 3.20. The third-order valence-corrected chi connectivity index (χ3v) is 4.98. The van der Waals surface area contributed by atoms with Crippen LogP contribution in [0.2, 0.25) is 0 Å². The minimum Gasteiger partial charge on any atom is -0.481 e. The number of allylic oxidation sites excluding steroid dienone is 8. The zero-order valence-corrected chi connectivity index (χ0v) is 18.8. The average Bonchev–Trinajstić information content (AvgIpc) is 2.74. The molecule has 1 aliphatic heterocycles. The molecule has 0 aromatic rings. The summed E-state index contributed by atoms with van der Waals surface area (Å²) in [7, 11) is 0. The Morgan fingerprint density at radius 3 is 2.47 bits per heavy atom. The molecular formula is C26H42O4. The predicted molar refractivity (Wildman–Crippen MR) is 124 cm³/mol. The van der Waals surface area contributed by atoms with Gasteiger partial charge in [0.15, 0.2) is 6.29 Å². The number of carboxylic acid groups (broad SMARTS) is 1. The van der Waals surface area contributed by atoms with Gasteiger partial charge in [-0.3, -0.25) is 4.79 Å². The Bertz CT molecular complexity index is 527. The van der Waals surface area contributed by atoms with Crippen molar-refractivity contribution in [1.82, 2.24) is 0 Å². The first-order chi connectivity index (χ1) is 14.7. The Morgan fingerprint density at radius 1 is 0.967 bits per heavy atom. The summed E-state index contributed by atoms with van der Waals surface area (Å²) in [6.07, 6.45) is 29.4. The third-order valence-electron chi connectivity index (χ3n) is 4.98. The van der Waals surface area contributed by atoms with Crippen LogP contribution >= 0.6 is 0 Å². The van der Waals surface area contributed by atoms with Gasteiger partial charge in [0.2, 0.25) is 0 Å². The highest BCUT2D eigenvalue weighted by Gasteiger charge is 2.13. The standard InChI is InChI=1S/C26H42O4/c1-24(18-12-8-5-3-2-4-6-10-14-20-25(27)28)19-13-9-7-11-16-22-29-26-21-15-17-23-30-26/h3-6,12-13,18-19,24,26H,2,7-11,14-17,20-23H2,1H3,(H,27,28)/b5-3-,6-4-,18-12-,19-13-. The van der Waals surface area contributed by atoms with Crippen LogP contribution in [-0.2, 0) is 14.3 Å². The van der Waals surface area contributed by atoms with Crippen LogP contribution in [0.5, 0.6) is 0 Å². The molecule has 0 bridgehead atoms. The van der Waals surface area contributed by atoms with Crippen molar-refractivity contribution < 1.29 is 19.4 Å². The maximum Gasteiger partial charge on any atom is 0.303 e. The van der Waals surface area contributed by atoms with E-state index in [1.54, 1.807) is 0 Å². The van der Waals surface area contributed by atoms with Crippen LogP contribution < -0.4 is 0 Å². The van der Waals surface area contributed by atoms with Gasteiger partial charge >= 0.3 is 5.97 Å². The number of rotatable bonds is 17. The molecule has 1 N–H and O–H groups in total. The first kappa shape index (κ1) is 26.4. The van der Waals surface area contributed by atoms with E-state index in [0.717, 1.165) is 51.7 Å². The largest absolute Gasteiger partial charge is 0.481 e. The maximum atomic E-state index is 10.4. The lowest BCUT2D eigenvalue weighted by molar-refractivity contribution is -0.162. The van der Waals surface area contributed by atoms with E-state index in [9.17, 15) is 4.79 Å². The molecule has 2 unspecified atom stereocenters. The summed E-state index contributed by atoms with van der Waals surface area (Å²) < 4.78 is 11.3. The molecule has 1 rings (SSSR count). The molecule has 30 heavy (non-hydrogen) atoms. The molecule has 0 aliphatic carbocycles. The Kier molecular flexibility index (Phi) is 17.0. The van der Waals surface area contributed by atoms with E-state index in [-0.39, 0.29) is 12.7 Å². The van der Waals surface area contributed by atoms with Crippen LogP contribution in [0.1, 0.15) is 84.0 Å². The molecule has 4 nitrogen and oxygen atoms in total. The zero-order chi connectivity index (χ0) is 21.7. The highest BCUT2D eigenvalue weighted by Crippen LogP contribution is 2.14. The Balaban J connectivity index is 1.92. The van der Waals surface area contributed by atoms with Crippen molar-refractivity contribution in [1.29, 1.82) is 0 Å². The second-order valence-electron chi connectivity index (χ2n) is 7.93. The van der Waals surface area contributed by atoms with Crippen molar-refractivity contribution in [3.8, 4) is 0 Å². The summed E-state index contributed by atoms with van der Waals surface area (Å²) in [5.41, 5.74) is 0.